The number of carbonyl (C=O) groups is 2. The maximum absolute atomic E-state index is 10.6. The molecule has 1 aromatic rings. The van der Waals surface area contributed by atoms with Gasteiger partial charge in [-0.1, -0.05) is 6.07 Å². The van der Waals surface area contributed by atoms with Crippen molar-refractivity contribution in [3.63, 3.8) is 0 Å². The number of rotatable bonds is 5. The Labute approximate surface area is 208 Å². The van der Waals surface area contributed by atoms with E-state index in [2.05, 4.69) is 41.6 Å². The summed E-state index contributed by atoms with van der Waals surface area (Å²) in [5.74, 6) is -5.51. The lowest BCUT2D eigenvalue weighted by molar-refractivity contribution is -0.193. The van der Waals surface area contributed by atoms with Crippen molar-refractivity contribution < 1.29 is 55.6 Å². The van der Waals surface area contributed by atoms with Gasteiger partial charge in [0, 0.05) is 37.1 Å². The number of alkyl halides is 6. The lowest BCUT2D eigenvalue weighted by Crippen LogP contribution is -2.47. The van der Waals surface area contributed by atoms with E-state index in [0.717, 1.165) is 52.2 Å². The van der Waals surface area contributed by atoms with Crippen LogP contribution < -0.4 is 5.32 Å². The van der Waals surface area contributed by atoms with Crippen LogP contribution in [0.5, 0.6) is 0 Å². The second kappa shape index (κ2) is 14.1. The molecule has 2 fully saturated rings. The van der Waals surface area contributed by atoms with Crippen LogP contribution in [0.15, 0.2) is 17.5 Å². The zero-order chi connectivity index (χ0) is 27.6. The first-order valence-corrected chi connectivity index (χ1v) is 11.8. The summed E-state index contributed by atoms with van der Waals surface area (Å²) >= 11 is 1.80. The van der Waals surface area contributed by atoms with Gasteiger partial charge in [0.2, 0.25) is 0 Å². The highest BCUT2D eigenvalue weighted by Crippen LogP contribution is 2.33. The summed E-state index contributed by atoms with van der Waals surface area (Å²) in [5.41, 5.74) is -0.0873. The molecular weight excluding hydrogens is 522 g/mol. The molecule has 2 saturated heterocycles. The highest BCUT2D eigenvalue weighted by atomic mass is 32.1. The van der Waals surface area contributed by atoms with Crippen LogP contribution in [0.25, 0.3) is 0 Å². The fourth-order valence-corrected chi connectivity index (χ4v) is 4.08. The molecule has 3 N–H and O–H groups in total. The van der Waals surface area contributed by atoms with Gasteiger partial charge in [-0.2, -0.15) is 26.3 Å². The minimum atomic E-state index is -5.08. The van der Waals surface area contributed by atoms with E-state index in [4.69, 9.17) is 29.3 Å². The number of hydrogen-bond donors (Lipinski definition) is 3. The normalized spacial score (nSPS) is 22.9. The smallest absolute Gasteiger partial charge is 0.475 e. The summed E-state index contributed by atoms with van der Waals surface area (Å²) in [7, 11) is 0. The van der Waals surface area contributed by atoms with Crippen molar-refractivity contribution in [1.82, 2.24) is 10.2 Å². The van der Waals surface area contributed by atoms with Crippen molar-refractivity contribution in [3.8, 4) is 0 Å². The van der Waals surface area contributed by atoms with E-state index in [0.29, 0.717) is 12.1 Å². The highest BCUT2D eigenvalue weighted by molar-refractivity contribution is 7.09. The van der Waals surface area contributed by atoms with Gasteiger partial charge in [-0.15, -0.1) is 11.3 Å². The molecule has 2 unspecified atom stereocenters. The van der Waals surface area contributed by atoms with Gasteiger partial charge in [-0.05, 0) is 38.1 Å². The molecule has 36 heavy (non-hydrogen) atoms. The first-order chi connectivity index (χ1) is 16.6. The van der Waals surface area contributed by atoms with Gasteiger partial charge in [0.05, 0.1) is 19.3 Å². The van der Waals surface area contributed by atoms with Crippen molar-refractivity contribution in [1.29, 1.82) is 0 Å². The van der Waals surface area contributed by atoms with Crippen LogP contribution in [0.2, 0.25) is 0 Å². The molecule has 0 aromatic carbocycles. The fraction of sp³-hybridized carbons (Fsp3) is 0.714. The van der Waals surface area contributed by atoms with Crippen molar-refractivity contribution in [2.75, 3.05) is 32.8 Å². The third-order valence-electron chi connectivity index (χ3n) is 5.18. The molecule has 0 bridgehead atoms. The topological polar surface area (TPSA) is 108 Å². The molecule has 8 nitrogen and oxygen atoms in total. The molecule has 0 radical (unpaired) electrons. The molecule has 1 aromatic heterocycles. The fourth-order valence-electron chi connectivity index (χ4n) is 3.41. The van der Waals surface area contributed by atoms with Crippen molar-refractivity contribution in [3.05, 3.63) is 22.4 Å². The van der Waals surface area contributed by atoms with E-state index in [1.165, 1.54) is 4.88 Å². The summed E-state index contributed by atoms with van der Waals surface area (Å²) < 4.78 is 75.8. The van der Waals surface area contributed by atoms with Crippen molar-refractivity contribution >= 4 is 23.3 Å². The maximum Gasteiger partial charge on any atom is 0.490 e. The Morgan fingerprint density at radius 3 is 2.25 bits per heavy atom. The van der Waals surface area contributed by atoms with E-state index in [1.807, 2.05) is 0 Å². The van der Waals surface area contributed by atoms with Crippen LogP contribution in [0.3, 0.4) is 0 Å². The summed E-state index contributed by atoms with van der Waals surface area (Å²) in [6, 6.07) is 4.83. The second-order valence-corrected chi connectivity index (χ2v) is 9.43. The standard InChI is InChI=1S/C17H28N2O2S.2C2HF3O2/c1-14(2)19-7-8-20-13-17(12-19)6-5-15(21-17)10-18-11-16-4-3-9-22-16;2*3-2(4,5)1(6)7/h3-4,9,14-15,18H,5-8,10-13H2,1-2H3;2*(H,6,7). The van der Waals surface area contributed by atoms with Crippen LogP contribution in [0, 0.1) is 0 Å². The molecule has 2 atom stereocenters. The number of thiophene rings is 1. The largest absolute Gasteiger partial charge is 0.490 e. The summed E-state index contributed by atoms with van der Waals surface area (Å²) in [6.07, 6.45) is -7.61. The van der Waals surface area contributed by atoms with Crippen molar-refractivity contribution in [2.45, 2.75) is 63.3 Å². The number of aliphatic carboxylic acids is 2. The van der Waals surface area contributed by atoms with Gasteiger partial charge in [0.25, 0.3) is 0 Å². The minimum Gasteiger partial charge on any atom is -0.475 e. The third-order valence-corrected chi connectivity index (χ3v) is 6.06. The number of ether oxygens (including phenoxy) is 2. The summed E-state index contributed by atoms with van der Waals surface area (Å²) in [4.78, 5) is 21.7. The molecule has 0 amide bonds. The monoisotopic (exact) mass is 552 g/mol. The number of nitrogens with zero attached hydrogens (tertiary/aromatic N) is 1. The van der Waals surface area contributed by atoms with Crippen LogP contribution in [-0.4, -0.2) is 90.0 Å². The Morgan fingerprint density at radius 1 is 1.19 bits per heavy atom. The van der Waals surface area contributed by atoms with Crippen LogP contribution in [0.1, 0.15) is 31.6 Å². The third kappa shape index (κ3) is 11.9. The second-order valence-electron chi connectivity index (χ2n) is 8.39. The summed E-state index contributed by atoms with van der Waals surface area (Å²) in [5, 5.41) is 19.9. The lowest BCUT2D eigenvalue weighted by atomic mass is 9.99. The number of carboxylic acid groups (broad SMARTS) is 2. The van der Waals surface area contributed by atoms with Gasteiger partial charge in [0.1, 0.15) is 5.60 Å². The Morgan fingerprint density at radius 2 is 1.78 bits per heavy atom. The van der Waals surface area contributed by atoms with Crippen molar-refractivity contribution in [2.24, 2.45) is 0 Å². The number of hydrogen-bond acceptors (Lipinski definition) is 7. The van der Waals surface area contributed by atoms with Gasteiger partial charge < -0.3 is 25.0 Å². The summed E-state index contributed by atoms with van der Waals surface area (Å²) in [6.45, 7) is 9.99. The van der Waals surface area contributed by atoms with E-state index in [-0.39, 0.29) is 5.60 Å². The van der Waals surface area contributed by atoms with Crippen LogP contribution >= 0.6 is 11.3 Å². The van der Waals surface area contributed by atoms with E-state index >= 15 is 0 Å². The average Bonchev–Trinajstić information content (AvgIpc) is 3.35. The first kappa shape index (κ1) is 32.1. The molecular formula is C21H30F6N2O6S. The molecule has 3 heterocycles. The molecule has 15 heteroatoms. The number of nitrogens with one attached hydrogen (secondary N) is 1. The number of halogens is 6. The van der Waals surface area contributed by atoms with Crippen LogP contribution in [0.4, 0.5) is 26.3 Å². The molecule has 208 valence electrons. The predicted octanol–water partition coefficient (Wildman–Crippen LogP) is 3.76. The molecule has 3 rings (SSSR count). The quantitative estimate of drug-likeness (QED) is 0.474. The first-order valence-electron chi connectivity index (χ1n) is 10.9. The van der Waals surface area contributed by atoms with E-state index in [1.54, 1.807) is 11.3 Å². The predicted molar refractivity (Wildman–Crippen MR) is 118 cm³/mol. The van der Waals surface area contributed by atoms with Gasteiger partial charge >= 0.3 is 24.3 Å². The highest BCUT2D eigenvalue weighted by Gasteiger charge is 2.43. The minimum absolute atomic E-state index is 0.0873. The van der Waals surface area contributed by atoms with Crippen LogP contribution in [-0.2, 0) is 25.6 Å². The Bertz CT molecular complexity index is 782. The Hall–Kier alpha value is -1.94. The Balaban J connectivity index is 0.000000383. The molecule has 0 aliphatic carbocycles. The van der Waals surface area contributed by atoms with E-state index < -0.39 is 24.3 Å². The molecule has 2 aliphatic rings. The van der Waals surface area contributed by atoms with E-state index in [9.17, 15) is 26.3 Å². The lowest BCUT2D eigenvalue weighted by Gasteiger charge is -2.34. The zero-order valence-electron chi connectivity index (χ0n) is 19.7. The van der Waals surface area contributed by atoms with Gasteiger partial charge in [-0.3, -0.25) is 4.90 Å². The molecule has 1 spiro atoms. The molecule has 2 aliphatic heterocycles. The average molecular weight is 553 g/mol. The maximum atomic E-state index is 10.6. The van der Waals surface area contributed by atoms with Gasteiger partial charge in [-0.25, -0.2) is 9.59 Å². The SMILES string of the molecule is CC(C)N1CCOCC2(CCC(CNCc3cccs3)O2)C1.O=C(O)C(F)(F)F.O=C(O)C(F)(F)F. The van der Waals surface area contributed by atoms with Gasteiger partial charge in [0.15, 0.2) is 0 Å². The molecule has 0 saturated carbocycles. The number of carboxylic acids is 2. The Kier molecular flexibility index (Phi) is 12.6. The zero-order valence-corrected chi connectivity index (χ0v) is 20.5.